The first-order valence-corrected chi connectivity index (χ1v) is 7.43. The van der Waals surface area contributed by atoms with Crippen LogP contribution in [0.2, 0.25) is 0 Å². The number of nitrogens with zero attached hydrogens (tertiary/aromatic N) is 3. The van der Waals surface area contributed by atoms with Gasteiger partial charge in [0.1, 0.15) is 11.9 Å². The summed E-state index contributed by atoms with van der Waals surface area (Å²) in [5, 5.41) is 9.41. The van der Waals surface area contributed by atoms with Crippen LogP contribution in [0.25, 0.3) is 0 Å². The highest BCUT2D eigenvalue weighted by Crippen LogP contribution is 2.38. The fourth-order valence-electron chi connectivity index (χ4n) is 3.79. The van der Waals surface area contributed by atoms with Gasteiger partial charge in [0, 0.05) is 18.8 Å². The van der Waals surface area contributed by atoms with E-state index in [1.165, 1.54) is 38.5 Å². The Bertz CT molecular complexity index is 501. The second kappa shape index (κ2) is 5.21. The van der Waals surface area contributed by atoms with Crippen molar-refractivity contribution in [2.45, 2.75) is 51.5 Å². The average molecular weight is 255 g/mol. The van der Waals surface area contributed by atoms with Gasteiger partial charge in [-0.2, -0.15) is 5.26 Å². The molecule has 2 atom stereocenters. The molecule has 2 aliphatic rings. The summed E-state index contributed by atoms with van der Waals surface area (Å²) >= 11 is 0. The van der Waals surface area contributed by atoms with Crippen molar-refractivity contribution in [3.05, 3.63) is 23.4 Å². The van der Waals surface area contributed by atoms with Gasteiger partial charge in [-0.1, -0.05) is 12.8 Å². The molecule has 2 heterocycles. The van der Waals surface area contributed by atoms with Gasteiger partial charge in [0.2, 0.25) is 0 Å². The molecular weight excluding hydrogens is 234 g/mol. The van der Waals surface area contributed by atoms with E-state index in [0.29, 0.717) is 6.04 Å². The van der Waals surface area contributed by atoms with Crippen LogP contribution in [0.15, 0.2) is 12.3 Å². The molecule has 1 aromatic heterocycles. The number of hydrogen-bond acceptors (Lipinski definition) is 3. The minimum Gasteiger partial charge on any atom is -0.352 e. The third kappa shape index (κ3) is 2.20. The van der Waals surface area contributed by atoms with Gasteiger partial charge in [0.25, 0.3) is 0 Å². The second-order valence-electron chi connectivity index (χ2n) is 5.89. The number of hydrogen-bond donors (Lipinski definition) is 0. The normalized spacial score (nSPS) is 26.6. The van der Waals surface area contributed by atoms with Crippen molar-refractivity contribution in [2.24, 2.45) is 5.92 Å². The Kier molecular flexibility index (Phi) is 3.42. The predicted octanol–water partition coefficient (Wildman–Crippen LogP) is 3.42. The summed E-state index contributed by atoms with van der Waals surface area (Å²) in [5.41, 5.74) is 1.82. The quantitative estimate of drug-likeness (QED) is 0.772. The Morgan fingerprint density at radius 2 is 2.05 bits per heavy atom. The van der Waals surface area contributed by atoms with E-state index in [0.717, 1.165) is 29.4 Å². The van der Waals surface area contributed by atoms with Crippen LogP contribution in [0.1, 0.15) is 49.7 Å². The fourth-order valence-corrected chi connectivity index (χ4v) is 3.79. The standard InChI is InChI=1S/C16H21N3/c1-12-8-9-18-16(14(12)11-17)19-10-4-6-13-5-2-3-7-15(13)19/h8-9,13,15H,2-7,10H2,1H3/t13-,15-/m1/s1. The molecule has 0 aromatic carbocycles. The van der Waals surface area contributed by atoms with Crippen LogP contribution in [-0.2, 0) is 0 Å². The van der Waals surface area contributed by atoms with Crippen molar-refractivity contribution in [1.82, 2.24) is 4.98 Å². The zero-order valence-electron chi connectivity index (χ0n) is 11.6. The van der Waals surface area contributed by atoms with Gasteiger partial charge in [-0.3, -0.25) is 0 Å². The number of fused-ring (bicyclic) bond motifs is 1. The van der Waals surface area contributed by atoms with Gasteiger partial charge >= 0.3 is 0 Å². The molecule has 3 nitrogen and oxygen atoms in total. The molecule has 0 unspecified atom stereocenters. The first-order chi connectivity index (χ1) is 9.31. The van der Waals surface area contributed by atoms with Crippen molar-refractivity contribution in [1.29, 1.82) is 5.26 Å². The van der Waals surface area contributed by atoms with E-state index in [4.69, 9.17) is 0 Å². The molecule has 19 heavy (non-hydrogen) atoms. The summed E-state index contributed by atoms with van der Waals surface area (Å²) in [6, 6.07) is 4.90. The summed E-state index contributed by atoms with van der Waals surface area (Å²) in [7, 11) is 0. The molecule has 0 bridgehead atoms. The van der Waals surface area contributed by atoms with Crippen molar-refractivity contribution in [3.63, 3.8) is 0 Å². The minimum atomic E-state index is 0.615. The van der Waals surface area contributed by atoms with Crippen LogP contribution in [0, 0.1) is 24.2 Å². The summed E-state index contributed by atoms with van der Waals surface area (Å²) in [5.74, 6) is 1.75. The molecule has 1 saturated heterocycles. The molecule has 100 valence electrons. The third-order valence-corrected chi connectivity index (χ3v) is 4.77. The Morgan fingerprint density at radius 3 is 2.89 bits per heavy atom. The van der Waals surface area contributed by atoms with E-state index < -0.39 is 0 Å². The molecule has 2 fully saturated rings. The highest BCUT2D eigenvalue weighted by molar-refractivity contribution is 5.58. The molecule has 0 radical (unpaired) electrons. The van der Waals surface area contributed by atoms with Crippen LogP contribution in [0.5, 0.6) is 0 Å². The molecule has 1 aromatic rings. The van der Waals surface area contributed by atoms with E-state index in [-0.39, 0.29) is 0 Å². The number of aryl methyl sites for hydroxylation is 1. The number of rotatable bonds is 1. The lowest BCUT2D eigenvalue weighted by Crippen LogP contribution is -2.47. The molecule has 1 saturated carbocycles. The van der Waals surface area contributed by atoms with Gasteiger partial charge in [-0.05, 0) is 50.2 Å². The van der Waals surface area contributed by atoms with Crippen molar-refractivity contribution in [2.75, 3.05) is 11.4 Å². The molecular formula is C16H21N3. The summed E-state index contributed by atoms with van der Waals surface area (Å²) in [4.78, 5) is 6.96. The SMILES string of the molecule is Cc1ccnc(N2CCC[C@H]3CCCC[C@H]32)c1C#N. The lowest BCUT2D eigenvalue weighted by molar-refractivity contribution is 0.242. The molecule has 0 N–H and O–H groups in total. The highest BCUT2D eigenvalue weighted by atomic mass is 15.2. The fraction of sp³-hybridized carbons (Fsp3) is 0.625. The van der Waals surface area contributed by atoms with Crippen LogP contribution in [0.4, 0.5) is 5.82 Å². The number of piperidine rings is 1. The van der Waals surface area contributed by atoms with E-state index in [9.17, 15) is 5.26 Å². The van der Waals surface area contributed by atoms with Crippen molar-refractivity contribution >= 4 is 5.82 Å². The first-order valence-electron chi connectivity index (χ1n) is 7.43. The topological polar surface area (TPSA) is 39.9 Å². The maximum absolute atomic E-state index is 9.41. The molecule has 1 aliphatic heterocycles. The Morgan fingerprint density at radius 1 is 1.26 bits per heavy atom. The highest BCUT2D eigenvalue weighted by Gasteiger charge is 2.34. The number of pyridine rings is 1. The van der Waals surface area contributed by atoms with Gasteiger partial charge in [0.05, 0.1) is 5.56 Å². The zero-order chi connectivity index (χ0) is 13.2. The van der Waals surface area contributed by atoms with Gasteiger partial charge in [0.15, 0.2) is 0 Å². The smallest absolute Gasteiger partial charge is 0.147 e. The molecule has 3 heteroatoms. The Hall–Kier alpha value is -1.56. The lowest BCUT2D eigenvalue weighted by Gasteiger charge is -2.45. The van der Waals surface area contributed by atoms with Crippen LogP contribution < -0.4 is 4.90 Å². The lowest BCUT2D eigenvalue weighted by atomic mass is 9.78. The van der Waals surface area contributed by atoms with Gasteiger partial charge in [-0.15, -0.1) is 0 Å². The van der Waals surface area contributed by atoms with E-state index >= 15 is 0 Å². The number of nitriles is 1. The predicted molar refractivity (Wildman–Crippen MR) is 76.0 cm³/mol. The minimum absolute atomic E-state index is 0.615. The molecule has 0 amide bonds. The van der Waals surface area contributed by atoms with Gasteiger partial charge in [-0.25, -0.2) is 4.98 Å². The largest absolute Gasteiger partial charge is 0.352 e. The third-order valence-electron chi connectivity index (χ3n) is 4.77. The molecule has 3 rings (SSSR count). The second-order valence-corrected chi connectivity index (χ2v) is 5.89. The molecule has 1 aliphatic carbocycles. The zero-order valence-corrected chi connectivity index (χ0v) is 11.6. The number of anilines is 1. The van der Waals surface area contributed by atoms with Gasteiger partial charge < -0.3 is 4.90 Å². The monoisotopic (exact) mass is 255 g/mol. The maximum Gasteiger partial charge on any atom is 0.147 e. The van der Waals surface area contributed by atoms with Crippen LogP contribution >= 0.6 is 0 Å². The van der Waals surface area contributed by atoms with Crippen LogP contribution in [0.3, 0.4) is 0 Å². The molecule has 0 spiro atoms. The van der Waals surface area contributed by atoms with Crippen LogP contribution in [-0.4, -0.2) is 17.6 Å². The van der Waals surface area contributed by atoms with E-state index in [2.05, 4.69) is 16.0 Å². The number of aromatic nitrogens is 1. The average Bonchev–Trinajstić information content (AvgIpc) is 2.46. The van der Waals surface area contributed by atoms with E-state index in [1.54, 1.807) is 0 Å². The Labute approximate surface area is 115 Å². The van der Waals surface area contributed by atoms with Crippen molar-refractivity contribution in [3.8, 4) is 6.07 Å². The summed E-state index contributed by atoms with van der Waals surface area (Å²) < 4.78 is 0. The summed E-state index contributed by atoms with van der Waals surface area (Å²) in [6.07, 6.45) is 9.77. The first kappa shape index (κ1) is 12.5. The summed E-state index contributed by atoms with van der Waals surface area (Å²) in [6.45, 7) is 3.07. The Balaban J connectivity index is 1.96. The van der Waals surface area contributed by atoms with Crippen molar-refractivity contribution < 1.29 is 0 Å². The van der Waals surface area contributed by atoms with E-state index in [1.807, 2.05) is 19.2 Å². The maximum atomic E-state index is 9.41.